The van der Waals surface area contributed by atoms with Crippen LogP contribution in [0.25, 0.3) is 0 Å². The number of piperazine rings is 1. The van der Waals surface area contributed by atoms with E-state index in [4.69, 9.17) is 4.74 Å². The van der Waals surface area contributed by atoms with Crippen molar-refractivity contribution in [2.75, 3.05) is 44.7 Å². The quantitative estimate of drug-likeness (QED) is 0.588. The van der Waals surface area contributed by atoms with Crippen LogP contribution in [0.3, 0.4) is 0 Å². The number of amides is 2. The van der Waals surface area contributed by atoms with Crippen LogP contribution >= 0.6 is 0 Å². The summed E-state index contributed by atoms with van der Waals surface area (Å²) in [6.07, 6.45) is 0. The lowest BCUT2D eigenvalue weighted by Gasteiger charge is -2.36. The molecule has 0 unspecified atom stereocenters. The molecule has 0 saturated carbocycles. The van der Waals surface area contributed by atoms with Gasteiger partial charge in [0.15, 0.2) is 0 Å². The molecule has 2 amide bonds. The van der Waals surface area contributed by atoms with Gasteiger partial charge in [0.05, 0.1) is 19.2 Å². The van der Waals surface area contributed by atoms with Crippen molar-refractivity contribution in [3.63, 3.8) is 0 Å². The molecule has 1 fully saturated rings. The Kier molecular flexibility index (Phi) is 6.43. The van der Waals surface area contributed by atoms with Gasteiger partial charge in [-0.3, -0.25) is 14.4 Å². The molecule has 2 aromatic carbocycles. The number of hydrogen-bond acceptors (Lipinski definition) is 5. The Labute approximate surface area is 168 Å². The van der Waals surface area contributed by atoms with Crippen molar-refractivity contribution in [3.05, 3.63) is 59.9 Å². The first kappa shape index (κ1) is 20.3. The molecule has 0 bridgehead atoms. The number of ketones is 1. The molecule has 152 valence electrons. The van der Waals surface area contributed by atoms with Gasteiger partial charge in [-0.15, -0.1) is 0 Å². The molecule has 1 aliphatic heterocycles. The lowest BCUT2D eigenvalue weighted by Crippen LogP contribution is -2.51. The highest BCUT2D eigenvalue weighted by Crippen LogP contribution is 2.22. The number of hydrogen-bond donors (Lipinski definition) is 1. The van der Waals surface area contributed by atoms with Crippen LogP contribution in [0.2, 0.25) is 0 Å². The second-order valence-corrected chi connectivity index (χ2v) is 6.56. The molecule has 29 heavy (non-hydrogen) atoms. The lowest BCUT2D eigenvalue weighted by molar-refractivity contribution is -0.132. The number of nitrogens with zero attached hydrogens (tertiary/aromatic N) is 2. The van der Waals surface area contributed by atoms with Crippen LogP contribution in [-0.2, 0) is 9.59 Å². The molecule has 8 heteroatoms. The van der Waals surface area contributed by atoms with Crippen LogP contribution < -0.4 is 15.0 Å². The highest BCUT2D eigenvalue weighted by molar-refractivity contribution is 6.43. The number of rotatable bonds is 6. The molecule has 0 aliphatic carbocycles. The van der Waals surface area contributed by atoms with Gasteiger partial charge in [0.25, 0.3) is 11.7 Å². The van der Waals surface area contributed by atoms with Crippen LogP contribution in [0.5, 0.6) is 5.75 Å². The summed E-state index contributed by atoms with van der Waals surface area (Å²) in [6, 6.07) is 12.9. The van der Waals surface area contributed by atoms with E-state index in [1.807, 2.05) is 24.3 Å². The van der Waals surface area contributed by atoms with Gasteiger partial charge in [0, 0.05) is 37.9 Å². The minimum atomic E-state index is -1.00. The van der Waals surface area contributed by atoms with Crippen LogP contribution in [0.4, 0.5) is 10.1 Å². The van der Waals surface area contributed by atoms with Gasteiger partial charge >= 0.3 is 0 Å². The number of Topliss-reactive ketones (excluding diaryl/α,β-unsaturated/α-hetero) is 1. The smallest absolute Gasteiger partial charge is 0.292 e. The zero-order chi connectivity index (χ0) is 20.8. The van der Waals surface area contributed by atoms with E-state index in [0.717, 1.165) is 17.5 Å². The predicted molar refractivity (Wildman–Crippen MR) is 106 cm³/mol. The van der Waals surface area contributed by atoms with Crippen molar-refractivity contribution < 1.29 is 23.5 Å². The number of ether oxygens (including phenoxy) is 1. The third kappa shape index (κ3) is 4.90. The summed E-state index contributed by atoms with van der Waals surface area (Å²) in [5.74, 6) is -2.29. The van der Waals surface area contributed by atoms with Gasteiger partial charge in [0.2, 0.25) is 5.91 Å². The molecule has 0 atom stereocenters. The van der Waals surface area contributed by atoms with Crippen molar-refractivity contribution in [1.29, 1.82) is 0 Å². The Morgan fingerprint density at radius 3 is 2.45 bits per heavy atom. The van der Waals surface area contributed by atoms with E-state index in [1.165, 1.54) is 18.2 Å². The fraction of sp³-hybridized carbons (Fsp3) is 0.286. The maximum atomic E-state index is 13.6. The third-order valence-electron chi connectivity index (χ3n) is 4.78. The van der Waals surface area contributed by atoms with E-state index in [2.05, 4.69) is 10.2 Å². The average Bonchev–Trinajstić information content (AvgIpc) is 2.77. The van der Waals surface area contributed by atoms with Crippen molar-refractivity contribution in [3.8, 4) is 5.75 Å². The first-order chi connectivity index (χ1) is 14.0. The molecule has 2 aromatic rings. The number of nitrogens with one attached hydrogen (secondary N) is 1. The molecule has 1 aliphatic rings. The fourth-order valence-electron chi connectivity index (χ4n) is 3.14. The third-order valence-corrected chi connectivity index (χ3v) is 4.78. The lowest BCUT2D eigenvalue weighted by atomic mass is 10.1. The largest absolute Gasteiger partial charge is 0.497 e. The molecular formula is C21H22FN3O4. The maximum absolute atomic E-state index is 13.6. The van der Waals surface area contributed by atoms with Gasteiger partial charge in [-0.05, 0) is 24.3 Å². The first-order valence-corrected chi connectivity index (χ1v) is 9.23. The number of benzene rings is 2. The zero-order valence-corrected chi connectivity index (χ0v) is 16.1. The van der Waals surface area contributed by atoms with Crippen LogP contribution in [-0.4, -0.2) is 62.3 Å². The number of carbonyl (C=O) groups is 3. The van der Waals surface area contributed by atoms with Crippen molar-refractivity contribution in [2.45, 2.75) is 0 Å². The number of carbonyl (C=O) groups excluding carboxylic acids is 3. The number of halogens is 1. The van der Waals surface area contributed by atoms with Gasteiger partial charge in [-0.1, -0.05) is 18.2 Å². The summed E-state index contributed by atoms with van der Waals surface area (Å²) in [6.45, 7) is 1.96. The molecule has 1 N–H and O–H groups in total. The average molecular weight is 399 g/mol. The summed E-state index contributed by atoms with van der Waals surface area (Å²) >= 11 is 0. The van der Waals surface area contributed by atoms with Crippen LogP contribution in [0, 0.1) is 5.82 Å². The molecule has 0 aromatic heterocycles. The Bertz CT molecular complexity index is 910. The minimum absolute atomic E-state index is 0.287. The molecule has 0 radical (unpaired) electrons. The summed E-state index contributed by atoms with van der Waals surface area (Å²) in [4.78, 5) is 40.1. The number of methoxy groups -OCH3 is 1. The number of anilines is 1. The second kappa shape index (κ2) is 9.18. The highest BCUT2D eigenvalue weighted by Gasteiger charge is 2.24. The topological polar surface area (TPSA) is 79.0 Å². The van der Waals surface area contributed by atoms with Crippen LogP contribution in [0.1, 0.15) is 10.4 Å². The van der Waals surface area contributed by atoms with Crippen molar-refractivity contribution in [2.24, 2.45) is 0 Å². The molecule has 7 nitrogen and oxygen atoms in total. The predicted octanol–water partition coefficient (Wildman–Crippen LogP) is 1.48. The summed E-state index contributed by atoms with van der Waals surface area (Å²) in [7, 11) is 1.61. The second-order valence-electron chi connectivity index (χ2n) is 6.56. The summed E-state index contributed by atoms with van der Waals surface area (Å²) in [5.41, 5.74) is 0.699. The van der Waals surface area contributed by atoms with E-state index in [9.17, 15) is 18.8 Å². The minimum Gasteiger partial charge on any atom is -0.497 e. The van der Waals surface area contributed by atoms with E-state index < -0.39 is 17.5 Å². The van der Waals surface area contributed by atoms with Gasteiger partial charge in [-0.25, -0.2) is 4.39 Å². The monoisotopic (exact) mass is 399 g/mol. The van der Waals surface area contributed by atoms with Crippen molar-refractivity contribution >= 4 is 23.3 Å². The standard InChI is InChI=1S/C21H22FN3O4/c1-29-16-6-4-5-15(13-16)24-9-11-25(12-10-24)19(26)14-23-21(28)20(27)17-7-2-3-8-18(17)22/h2-8,13H,9-12,14H2,1H3,(H,23,28). The van der Waals surface area contributed by atoms with E-state index in [0.29, 0.717) is 26.2 Å². The maximum Gasteiger partial charge on any atom is 0.292 e. The van der Waals surface area contributed by atoms with E-state index in [1.54, 1.807) is 12.0 Å². The van der Waals surface area contributed by atoms with E-state index >= 15 is 0 Å². The zero-order valence-electron chi connectivity index (χ0n) is 16.1. The fourth-order valence-corrected chi connectivity index (χ4v) is 3.14. The van der Waals surface area contributed by atoms with Crippen LogP contribution in [0.15, 0.2) is 48.5 Å². The van der Waals surface area contributed by atoms with Gasteiger partial charge in [-0.2, -0.15) is 0 Å². The molecule has 3 rings (SSSR count). The van der Waals surface area contributed by atoms with Gasteiger partial charge in [0.1, 0.15) is 11.6 Å². The molecule has 1 heterocycles. The summed E-state index contributed by atoms with van der Waals surface area (Å²) < 4.78 is 18.9. The Balaban J connectivity index is 1.49. The highest BCUT2D eigenvalue weighted by atomic mass is 19.1. The van der Waals surface area contributed by atoms with Crippen molar-refractivity contribution in [1.82, 2.24) is 10.2 Å². The first-order valence-electron chi connectivity index (χ1n) is 9.23. The Morgan fingerprint density at radius 1 is 1.03 bits per heavy atom. The Hall–Kier alpha value is -3.42. The molecule has 1 saturated heterocycles. The SMILES string of the molecule is COc1cccc(N2CCN(C(=O)CNC(=O)C(=O)c3ccccc3F)CC2)c1. The Morgan fingerprint density at radius 2 is 1.76 bits per heavy atom. The van der Waals surface area contributed by atoms with Gasteiger partial charge < -0.3 is 19.9 Å². The summed E-state index contributed by atoms with van der Waals surface area (Å²) in [5, 5.41) is 2.29. The van der Waals surface area contributed by atoms with E-state index in [-0.39, 0.29) is 18.0 Å². The molecule has 0 spiro atoms. The normalized spacial score (nSPS) is 13.7. The molecular weight excluding hydrogens is 377 g/mol.